The van der Waals surface area contributed by atoms with Crippen molar-refractivity contribution in [3.8, 4) is 0 Å². The molecule has 0 saturated carbocycles. The third-order valence-electron chi connectivity index (χ3n) is 2.58. The first-order valence-corrected chi connectivity index (χ1v) is 4.94. The molecule has 1 aromatic carbocycles. The van der Waals surface area contributed by atoms with Crippen LogP contribution in [0.1, 0.15) is 28.8 Å². The molecule has 0 bridgehead atoms. The minimum atomic E-state index is -0.350. The Balaban J connectivity index is 2.37. The lowest BCUT2D eigenvalue weighted by atomic mass is 10.0. The lowest BCUT2D eigenvalue weighted by molar-refractivity contribution is 0.1000. The Labute approximate surface area is 83.3 Å². The zero-order valence-corrected chi connectivity index (χ0v) is 8.05. The van der Waals surface area contributed by atoms with E-state index in [0.717, 1.165) is 18.7 Å². The Morgan fingerprint density at radius 2 is 2.21 bits per heavy atom. The zero-order valence-electron chi connectivity index (χ0n) is 8.05. The molecule has 74 valence electrons. The highest BCUT2D eigenvalue weighted by Gasteiger charge is 2.09. The maximum Gasteiger partial charge on any atom is 0.248 e. The number of hydrogen-bond donors (Lipinski definition) is 2. The number of anilines is 1. The van der Waals surface area contributed by atoms with E-state index in [2.05, 4.69) is 5.32 Å². The lowest BCUT2D eigenvalue weighted by Crippen LogP contribution is -2.11. The van der Waals surface area contributed by atoms with Crippen LogP contribution in [-0.2, 0) is 6.42 Å². The summed E-state index contributed by atoms with van der Waals surface area (Å²) in [5.74, 6) is -0.350. The van der Waals surface area contributed by atoms with Crippen molar-refractivity contribution in [1.82, 2.24) is 0 Å². The van der Waals surface area contributed by atoms with E-state index in [9.17, 15) is 4.79 Å². The highest BCUT2D eigenvalue weighted by Crippen LogP contribution is 2.22. The fourth-order valence-electron chi connectivity index (χ4n) is 1.79. The molecule has 0 atom stereocenters. The molecule has 1 amide bonds. The molecule has 0 fully saturated rings. The molecule has 0 aromatic heterocycles. The van der Waals surface area contributed by atoms with Crippen molar-refractivity contribution in [3.63, 3.8) is 0 Å². The number of carbonyl (C=O) groups excluding carboxylic acids is 1. The molecule has 0 aliphatic carbocycles. The first-order valence-electron chi connectivity index (χ1n) is 4.94. The molecule has 1 heterocycles. The predicted molar refractivity (Wildman–Crippen MR) is 56.4 cm³/mol. The van der Waals surface area contributed by atoms with Gasteiger partial charge in [-0.2, -0.15) is 0 Å². The van der Waals surface area contributed by atoms with Gasteiger partial charge in [0.25, 0.3) is 0 Å². The minimum absolute atomic E-state index is 0.350. The number of nitrogens with one attached hydrogen (secondary N) is 1. The van der Waals surface area contributed by atoms with Crippen LogP contribution in [0.4, 0.5) is 5.69 Å². The van der Waals surface area contributed by atoms with Crippen molar-refractivity contribution in [2.75, 3.05) is 11.9 Å². The van der Waals surface area contributed by atoms with Crippen molar-refractivity contribution < 1.29 is 4.79 Å². The molecular weight excluding hydrogens is 176 g/mol. The summed E-state index contributed by atoms with van der Waals surface area (Å²) in [6.07, 6.45) is 3.38. The highest BCUT2D eigenvalue weighted by atomic mass is 16.1. The van der Waals surface area contributed by atoms with Crippen LogP contribution in [0.3, 0.4) is 0 Å². The number of hydrogen-bond acceptors (Lipinski definition) is 2. The van der Waals surface area contributed by atoms with E-state index in [4.69, 9.17) is 5.73 Å². The van der Waals surface area contributed by atoms with E-state index < -0.39 is 0 Å². The summed E-state index contributed by atoms with van der Waals surface area (Å²) in [5, 5.41) is 3.34. The van der Waals surface area contributed by atoms with Crippen LogP contribution in [0.15, 0.2) is 18.2 Å². The number of nitrogens with two attached hydrogens (primary N) is 1. The van der Waals surface area contributed by atoms with Gasteiger partial charge in [0.05, 0.1) is 0 Å². The van der Waals surface area contributed by atoms with E-state index in [0.29, 0.717) is 5.56 Å². The standard InChI is InChI=1S/C11H14N2O/c12-11(14)9-4-5-10-8(7-9)3-1-2-6-13-10/h4-5,7,13H,1-3,6H2,(H2,12,14). The van der Waals surface area contributed by atoms with Crippen molar-refractivity contribution >= 4 is 11.6 Å². The number of benzene rings is 1. The van der Waals surface area contributed by atoms with E-state index in [-0.39, 0.29) is 5.91 Å². The summed E-state index contributed by atoms with van der Waals surface area (Å²) in [6.45, 7) is 1.02. The van der Waals surface area contributed by atoms with Gasteiger partial charge in [0.15, 0.2) is 0 Å². The fourth-order valence-corrected chi connectivity index (χ4v) is 1.79. The zero-order chi connectivity index (χ0) is 9.97. The van der Waals surface area contributed by atoms with Gasteiger partial charge in [-0.05, 0) is 43.0 Å². The van der Waals surface area contributed by atoms with Crippen LogP contribution in [0.25, 0.3) is 0 Å². The normalized spacial score (nSPS) is 15.1. The van der Waals surface area contributed by atoms with Crippen LogP contribution in [-0.4, -0.2) is 12.5 Å². The van der Waals surface area contributed by atoms with Crippen LogP contribution < -0.4 is 11.1 Å². The second-order valence-corrected chi connectivity index (χ2v) is 3.62. The van der Waals surface area contributed by atoms with Gasteiger partial charge in [-0.3, -0.25) is 4.79 Å². The highest BCUT2D eigenvalue weighted by molar-refractivity contribution is 5.93. The van der Waals surface area contributed by atoms with E-state index >= 15 is 0 Å². The first-order chi connectivity index (χ1) is 6.77. The van der Waals surface area contributed by atoms with Crippen LogP contribution in [0.2, 0.25) is 0 Å². The van der Waals surface area contributed by atoms with Gasteiger partial charge in [-0.15, -0.1) is 0 Å². The molecule has 0 saturated heterocycles. The van der Waals surface area contributed by atoms with Gasteiger partial charge in [0, 0.05) is 17.8 Å². The van der Waals surface area contributed by atoms with Crippen LogP contribution in [0, 0.1) is 0 Å². The first kappa shape index (κ1) is 9.06. The average molecular weight is 190 g/mol. The maximum absolute atomic E-state index is 11.0. The molecule has 1 aliphatic rings. The number of fused-ring (bicyclic) bond motifs is 1. The number of carbonyl (C=O) groups is 1. The van der Waals surface area contributed by atoms with Crippen molar-refractivity contribution in [2.45, 2.75) is 19.3 Å². The smallest absolute Gasteiger partial charge is 0.248 e. The van der Waals surface area contributed by atoms with Crippen molar-refractivity contribution in [1.29, 1.82) is 0 Å². The molecule has 0 unspecified atom stereocenters. The molecule has 1 aliphatic heterocycles. The second kappa shape index (κ2) is 3.70. The fraction of sp³-hybridized carbons (Fsp3) is 0.364. The molecular formula is C11H14N2O. The molecule has 0 radical (unpaired) electrons. The number of rotatable bonds is 1. The van der Waals surface area contributed by atoms with Gasteiger partial charge in [-0.1, -0.05) is 0 Å². The summed E-state index contributed by atoms with van der Waals surface area (Å²) in [4.78, 5) is 11.0. The summed E-state index contributed by atoms with van der Waals surface area (Å²) in [5.41, 5.74) is 8.18. The molecule has 1 aromatic rings. The van der Waals surface area contributed by atoms with Crippen molar-refractivity contribution in [2.24, 2.45) is 5.73 Å². The summed E-state index contributed by atoms with van der Waals surface area (Å²) in [6, 6.07) is 5.62. The predicted octanol–water partition coefficient (Wildman–Crippen LogP) is 1.53. The van der Waals surface area contributed by atoms with E-state index in [1.165, 1.54) is 18.4 Å². The molecule has 3 nitrogen and oxygen atoms in total. The van der Waals surface area contributed by atoms with E-state index in [1.807, 2.05) is 12.1 Å². The topological polar surface area (TPSA) is 55.1 Å². The second-order valence-electron chi connectivity index (χ2n) is 3.62. The summed E-state index contributed by atoms with van der Waals surface area (Å²) >= 11 is 0. The Morgan fingerprint density at radius 1 is 1.36 bits per heavy atom. The Morgan fingerprint density at radius 3 is 3.00 bits per heavy atom. The number of primary amides is 1. The van der Waals surface area contributed by atoms with Crippen molar-refractivity contribution in [3.05, 3.63) is 29.3 Å². The number of amides is 1. The molecule has 3 N–H and O–H groups in total. The molecule has 0 spiro atoms. The maximum atomic E-state index is 11.0. The Hall–Kier alpha value is -1.51. The third kappa shape index (κ3) is 1.71. The van der Waals surface area contributed by atoms with Gasteiger partial charge in [-0.25, -0.2) is 0 Å². The van der Waals surface area contributed by atoms with Crippen LogP contribution in [0.5, 0.6) is 0 Å². The largest absolute Gasteiger partial charge is 0.385 e. The lowest BCUT2D eigenvalue weighted by Gasteiger charge is -2.07. The summed E-state index contributed by atoms with van der Waals surface area (Å²) < 4.78 is 0. The third-order valence-corrected chi connectivity index (χ3v) is 2.58. The Bertz CT molecular complexity index is 360. The molecule has 3 heteroatoms. The van der Waals surface area contributed by atoms with E-state index in [1.54, 1.807) is 6.07 Å². The quantitative estimate of drug-likeness (QED) is 0.705. The number of aryl methyl sites for hydroxylation is 1. The minimum Gasteiger partial charge on any atom is -0.385 e. The van der Waals surface area contributed by atoms with Gasteiger partial charge in [0.1, 0.15) is 0 Å². The van der Waals surface area contributed by atoms with Gasteiger partial charge in [0.2, 0.25) is 5.91 Å². The Kier molecular flexibility index (Phi) is 2.39. The van der Waals surface area contributed by atoms with Gasteiger partial charge >= 0.3 is 0 Å². The molecule has 14 heavy (non-hydrogen) atoms. The van der Waals surface area contributed by atoms with Crippen LogP contribution >= 0.6 is 0 Å². The van der Waals surface area contributed by atoms with Gasteiger partial charge < -0.3 is 11.1 Å². The SMILES string of the molecule is NC(=O)c1ccc2c(c1)CCCCN2. The average Bonchev–Trinajstić information content (AvgIpc) is 2.41. The monoisotopic (exact) mass is 190 g/mol. The molecule has 2 rings (SSSR count). The summed E-state index contributed by atoms with van der Waals surface area (Å²) in [7, 11) is 0.